The average Bonchev–Trinajstić information content (AvgIpc) is 2.74. The first-order valence-corrected chi connectivity index (χ1v) is 6.97. The van der Waals surface area contributed by atoms with Crippen molar-refractivity contribution in [1.82, 2.24) is 9.55 Å². The summed E-state index contributed by atoms with van der Waals surface area (Å²) in [6, 6.07) is 8.33. The summed E-state index contributed by atoms with van der Waals surface area (Å²) < 4.78 is 2.17. The molecule has 1 aliphatic rings. The monoisotopic (exact) mass is 268 g/mol. The third kappa shape index (κ3) is 1.63. The lowest BCUT2D eigenvalue weighted by atomic mass is 9.89. The van der Waals surface area contributed by atoms with Crippen LogP contribution in [0.3, 0.4) is 0 Å². The standard InChI is InChI=1S/C16H17N2P/c1-9(2)16-17-13-11-7-5-6-8-12(11)15(19)10(3)14(13)18(16)4/h5-9,19H,3H2,1-2,4H3. The lowest BCUT2D eigenvalue weighted by Crippen LogP contribution is -2.12. The van der Waals surface area contributed by atoms with Gasteiger partial charge in [0, 0.05) is 29.4 Å². The van der Waals surface area contributed by atoms with Gasteiger partial charge in [0.25, 0.3) is 0 Å². The molecule has 1 heterocycles. The molecule has 0 fully saturated rings. The van der Waals surface area contributed by atoms with Gasteiger partial charge in [0.05, 0.1) is 11.4 Å². The highest BCUT2D eigenvalue weighted by Gasteiger charge is 2.28. The number of hydrogen-bond donors (Lipinski definition) is 0. The first-order chi connectivity index (χ1) is 9.02. The molecule has 1 aromatic heterocycles. The zero-order valence-electron chi connectivity index (χ0n) is 11.5. The molecule has 3 heteroatoms. The predicted molar refractivity (Wildman–Crippen MR) is 84.2 cm³/mol. The minimum Gasteiger partial charge on any atom is -0.330 e. The number of imidazole rings is 1. The van der Waals surface area contributed by atoms with Crippen molar-refractivity contribution in [2.24, 2.45) is 7.05 Å². The summed E-state index contributed by atoms with van der Waals surface area (Å²) >= 11 is 0. The van der Waals surface area contributed by atoms with Gasteiger partial charge in [-0.15, -0.1) is 8.86 Å². The normalized spacial score (nSPS) is 13.7. The van der Waals surface area contributed by atoms with Crippen LogP contribution >= 0.6 is 8.86 Å². The van der Waals surface area contributed by atoms with E-state index in [1.54, 1.807) is 0 Å². The van der Waals surface area contributed by atoms with Crippen molar-refractivity contribution in [1.29, 1.82) is 0 Å². The van der Waals surface area contributed by atoms with Gasteiger partial charge >= 0.3 is 0 Å². The van der Waals surface area contributed by atoms with Crippen molar-refractivity contribution >= 4 is 19.7 Å². The third-order valence-electron chi connectivity index (χ3n) is 3.69. The molecule has 2 aromatic rings. The highest BCUT2D eigenvalue weighted by atomic mass is 31.0. The Labute approximate surface area is 116 Å². The van der Waals surface area contributed by atoms with Crippen molar-refractivity contribution in [3.05, 3.63) is 47.9 Å². The third-order valence-corrected chi connectivity index (χ3v) is 4.26. The second kappa shape index (κ2) is 4.18. The van der Waals surface area contributed by atoms with Crippen molar-refractivity contribution in [2.75, 3.05) is 0 Å². The largest absolute Gasteiger partial charge is 0.330 e. The van der Waals surface area contributed by atoms with Gasteiger partial charge in [0.15, 0.2) is 0 Å². The van der Waals surface area contributed by atoms with Gasteiger partial charge in [-0.05, 0) is 5.56 Å². The number of hydrogen-bond acceptors (Lipinski definition) is 1. The summed E-state index contributed by atoms with van der Waals surface area (Å²) in [6.45, 7) is 8.56. The highest BCUT2D eigenvalue weighted by molar-refractivity contribution is 7.25. The summed E-state index contributed by atoms with van der Waals surface area (Å²) in [7, 11) is 5.80. The number of benzene rings is 1. The van der Waals surface area contributed by atoms with Crippen molar-refractivity contribution in [2.45, 2.75) is 19.8 Å². The molecular formula is C16H17N2P. The lowest BCUT2D eigenvalue weighted by molar-refractivity contribution is 0.708. The summed E-state index contributed by atoms with van der Waals surface area (Å²) in [5, 5.41) is 1.06. The molecule has 0 spiro atoms. The first kappa shape index (κ1) is 12.4. The molecule has 0 bridgehead atoms. The fourth-order valence-corrected chi connectivity index (χ4v) is 3.09. The van der Waals surface area contributed by atoms with E-state index in [0.29, 0.717) is 5.92 Å². The van der Waals surface area contributed by atoms with E-state index < -0.39 is 0 Å². The zero-order chi connectivity index (χ0) is 13.7. The SMILES string of the molecule is C=C1C(=P)c2ccccc2-c2nc(C(C)C)n(C)c21. The molecule has 0 radical (unpaired) electrons. The summed E-state index contributed by atoms with van der Waals surface area (Å²) in [4.78, 5) is 4.84. The second-order valence-corrected chi connectivity index (χ2v) is 5.78. The van der Waals surface area contributed by atoms with Crippen LogP contribution in [0.5, 0.6) is 0 Å². The van der Waals surface area contributed by atoms with Gasteiger partial charge in [0.1, 0.15) is 5.82 Å². The minimum atomic E-state index is 0.397. The fraction of sp³-hybridized carbons (Fsp3) is 0.250. The molecule has 0 saturated carbocycles. The molecule has 1 aromatic carbocycles. The van der Waals surface area contributed by atoms with E-state index in [2.05, 4.69) is 59.1 Å². The van der Waals surface area contributed by atoms with Crippen LogP contribution in [0.4, 0.5) is 0 Å². The van der Waals surface area contributed by atoms with Crippen LogP contribution in [0.15, 0.2) is 30.8 Å². The van der Waals surface area contributed by atoms with E-state index in [1.807, 2.05) is 6.07 Å². The maximum absolute atomic E-state index is 4.84. The molecule has 3 rings (SSSR count). The summed E-state index contributed by atoms with van der Waals surface area (Å²) in [5.41, 5.74) is 5.52. The molecule has 1 aliphatic carbocycles. The molecule has 0 aliphatic heterocycles. The van der Waals surface area contributed by atoms with Crippen LogP contribution in [-0.2, 0) is 7.05 Å². The van der Waals surface area contributed by atoms with Crippen LogP contribution in [-0.4, -0.2) is 14.8 Å². The van der Waals surface area contributed by atoms with Crippen LogP contribution in [0.1, 0.15) is 36.8 Å². The van der Waals surface area contributed by atoms with Crippen LogP contribution in [0.25, 0.3) is 16.8 Å². The summed E-state index contributed by atoms with van der Waals surface area (Å²) in [5.74, 6) is 1.50. The number of fused-ring (bicyclic) bond motifs is 3. The molecule has 0 amide bonds. The Kier molecular flexibility index (Phi) is 2.72. The number of aromatic nitrogens is 2. The molecule has 19 heavy (non-hydrogen) atoms. The van der Waals surface area contributed by atoms with E-state index in [4.69, 9.17) is 4.98 Å². The number of allylic oxidation sites excluding steroid dienone is 1. The van der Waals surface area contributed by atoms with E-state index in [9.17, 15) is 0 Å². The highest BCUT2D eigenvalue weighted by Crippen LogP contribution is 2.39. The smallest absolute Gasteiger partial charge is 0.112 e. The molecule has 96 valence electrons. The predicted octanol–water partition coefficient (Wildman–Crippen LogP) is 3.90. The Balaban J connectivity index is 2.37. The Morgan fingerprint density at radius 3 is 2.47 bits per heavy atom. The number of nitrogens with zero attached hydrogens (tertiary/aromatic N) is 2. The first-order valence-electron chi connectivity index (χ1n) is 6.47. The zero-order valence-corrected chi connectivity index (χ0v) is 12.5. The Morgan fingerprint density at radius 1 is 1.21 bits per heavy atom. The quantitative estimate of drug-likeness (QED) is 0.717. The van der Waals surface area contributed by atoms with Crippen molar-refractivity contribution in [3.8, 4) is 11.3 Å². The Bertz CT molecular complexity index is 708. The topological polar surface area (TPSA) is 17.8 Å². The number of rotatable bonds is 1. The fourth-order valence-electron chi connectivity index (χ4n) is 2.75. The van der Waals surface area contributed by atoms with Gasteiger partial charge < -0.3 is 4.57 Å². The minimum absolute atomic E-state index is 0.397. The van der Waals surface area contributed by atoms with Crippen molar-refractivity contribution < 1.29 is 0 Å². The van der Waals surface area contributed by atoms with Crippen LogP contribution < -0.4 is 0 Å². The molecule has 0 unspecified atom stereocenters. The van der Waals surface area contributed by atoms with E-state index in [-0.39, 0.29) is 0 Å². The Hall–Kier alpha value is -1.66. The van der Waals surface area contributed by atoms with E-state index in [0.717, 1.165) is 28.1 Å². The molecule has 0 N–H and O–H groups in total. The maximum atomic E-state index is 4.84. The van der Waals surface area contributed by atoms with Gasteiger partial charge in [0.2, 0.25) is 0 Å². The molecular weight excluding hydrogens is 251 g/mol. The molecule has 0 atom stereocenters. The van der Waals surface area contributed by atoms with Crippen LogP contribution in [0.2, 0.25) is 0 Å². The molecule has 2 nitrogen and oxygen atoms in total. The second-order valence-electron chi connectivity index (χ2n) is 5.28. The van der Waals surface area contributed by atoms with E-state index >= 15 is 0 Å². The van der Waals surface area contributed by atoms with Gasteiger partial charge in [-0.3, -0.25) is 0 Å². The van der Waals surface area contributed by atoms with Gasteiger partial charge in [-0.2, -0.15) is 0 Å². The van der Waals surface area contributed by atoms with Crippen molar-refractivity contribution in [3.63, 3.8) is 0 Å². The van der Waals surface area contributed by atoms with Gasteiger partial charge in [-0.1, -0.05) is 44.7 Å². The van der Waals surface area contributed by atoms with E-state index in [1.165, 1.54) is 11.1 Å². The van der Waals surface area contributed by atoms with Crippen LogP contribution in [0, 0.1) is 0 Å². The lowest BCUT2D eigenvalue weighted by Gasteiger charge is -2.20. The van der Waals surface area contributed by atoms with Gasteiger partial charge in [-0.25, -0.2) is 4.98 Å². The maximum Gasteiger partial charge on any atom is 0.112 e. The summed E-state index contributed by atoms with van der Waals surface area (Å²) in [6.07, 6.45) is 0. The molecule has 0 saturated heterocycles. The Morgan fingerprint density at radius 2 is 1.84 bits per heavy atom. The average molecular weight is 268 g/mol.